The lowest BCUT2D eigenvalue weighted by Crippen LogP contribution is -2.41. The molecule has 3 N–H and O–H groups in total. The van der Waals surface area contributed by atoms with Gasteiger partial charge in [0.1, 0.15) is 0 Å². The third kappa shape index (κ3) is 1.83. The Labute approximate surface area is 94.0 Å². The van der Waals surface area contributed by atoms with Gasteiger partial charge in [-0.05, 0) is 30.1 Å². The fourth-order valence-electron chi connectivity index (χ4n) is 3.23. The summed E-state index contributed by atoms with van der Waals surface area (Å²) < 4.78 is 0. The van der Waals surface area contributed by atoms with Gasteiger partial charge in [-0.25, -0.2) is 0 Å². The van der Waals surface area contributed by atoms with Gasteiger partial charge in [0.25, 0.3) is 0 Å². The van der Waals surface area contributed by atoms with Crippen LogP contribution >= 0.6 is 0 Å². The van der Waals surface area contributed by atoms with Gasteiger partial charge < -0.3 is 11.1 Å². The highest BCUT2D eigenvalue weighted by Gasteiger charge is 2.64. The second-order valence-electron chi connectivity index (χ2n) is 6.67. The van der Waals surface area contributed by atoms with Crippen molar-refractivity contribution in [2.45, 2.75) is 71.5 Å². The van der Waals surface area contributed by atoms with Gasteiger partial charge in [0, 0.05) is 18.1 Å². The predicted molar refractivity (Wildman–Crippen MR) is 64.7 cm³/mol. The summed E-state index contributed by atoms with van der Waals surface area (Å²) >= 11 is 0. The zero-order valence-corrected chi connectivity index (χ0v) is 10.6. The van der Waals surface area contributed by atoms with Crippen LogP contribution in [0, 0.1) is 10.8 Å². The summed E-state index contributed by atoms with van der Waals surface area (Å²) in [6, 6.07) is 1.78. The average Bonchev–Trinajstić information content (AvgIpc) is 2.48. The molecule has 2 heteroatoms. The molecule has 2 nitrogen and oxygen atoms in total. The number of nitrogens with one attached hydrogen (secondary N) is 1. The van der Waals surface area contributed by atoms with Crippen LogP contribution < -0.4 is 11.1 Å². The molecule has 15 heavy (non-hydrogen) atoms. The molecule has 0 aromatic heterocycles. The molecule has 0 aromatic rings. The van der Waals surface area contributed by atoms with Crippen molar-refractivity contribution >= 4 is 0 Å². The van der Waals surface area contributed by atoms with Crippen molar-refractivity contribution in [3.63, 3.8) is 0 Å². The van der Waals surface area contributed by atoms with E-state index in [1.54, 1.807) is 0 Å². The Morgan fingerprint density at radius 3 is 2.13 bits per heavy atom. The Morgan fingerprint density at radius 1 is 1.07 bits per heavy atom. The molecule has 2 rings (SSSR count). The summed E-state index contributed by atoms with van der Waals surface area (Å²) in [6.07, 6.45) is 5.00. The van der Waals surface area contributed by atoms with E-state index in [0.29, 0.717) is 29.0 Å². The van der Waals surface area contributed by atoms with Crippen molar-refractivity contribution in [1.29, 1.82) is 0 Å². The number of hydrogen-bond donors (Lipinski definition) is 2. The van der Waals surface area contributed by atoms with Crippen LogP contribution in [0.4, 0.5) is 0 Å². The Morgan fingerprint density at radius 2 is 1.67 bits per heavy atom. The molecule has 2 aliphatic carbocycles. The lowest BCUT2D eigenvalue weighted by Gasteiger charge is -2.28. The van der Waals surface area contributed by atoms with Crippen LogP contribution in [0.25, 0.3) is 0 Å². The molecule has 0 heterocycles. The van der Waals surface area contributed by atoms with Gasteiger partial charge in [-0.3, -0.25) is 0 Å². The van der Waals surface area contributed by atoms with Gasteiger partial charge in [-0.2, -0.15) is 0 Å². The molecular formula is C13H26N2. The first kappa shape index (κ1) is 11.4. The van der Waals surface area contributed by atoms with E-state index in [1.807, 2.05) is 0 Å². The molecule has 2 saturated carbocycles. The molecule has 2 aliphatic rings. The average molecular weight is 210 g/mol. The van der Waals surface area contributed by atoms with Crippen molar-refractivity contribution < 1.29 is 0 Å². The molecule has 2 fully saturated rings. The highest BCUT2D eigenvalue weighted by molar-refractivity contribution is 5.18. The summed E-state index contributed by atoms with van der Waals surface area (Å²) in [6.45, 7) is 9.47. The van der Waals surface area contributed by atoms with Crippen molar-refractivity contribution in [2.75, 3.05) is 0 Å². The predicted octanol–water partition coefficient (Wildman–Crippen LogP) is 2.28. The molecule has 0 spiro atoms. The topological polar surface area (TPSA) is 38.0 Å². The maximum absolute atomic E-state index is 6.02. The zero-order valence-electron chi connectivity index (χ0n) is 10.6. The van der Waals surface area contributed by atoms with Gasteiger partial charge in [0.2, 0.25) is 0 Å². The summed E-state index contributed by atoms with van der Waals surface area (Å²) in [7, 11) is 0. The summed E-state index contributed by atoms with van der Waals surface area (Å²) in [5.41, 5.74) is 6.92. The molecule has 2 unspecified atom stereocenters. The molecule has 0 radical (unpaired) electrons. The van der Waals surface area contributed by atoms with Gasteiger partial charge in [0.15, 0.2) is 0 Å². The SMILES string of the molecule is CC1(C)C(NC2CCCC(N)C2)C1(C)C. The first-order chi connectivity index (χ1) is 6.85. The van der Waals surface area contributed by atoms with Crippen LogP contribution in [0.15, 0.2) is 0 Å². The van der Waals surface area contributed by atoms with Crippen LogP contribution in [0.2, 0.25) is 0 Å². The van der Waals surface area contributed by atoms with Gasteiger partial charge >= 0.3 is 0 Å². The number of rotatable bonds is 2. The Bertz CT molecular complexity index is 231. The van der Waals surface area contributed by atoms with E-state index in [9.17, 15) is 0 Å². The van der Waals surface area contributed by atoms with E-state index in [2.05, 4.69) is 33.0 Å². The lowest BCUT2D eigenvalue weighted by atomic mass is 9.91. The molecule has 0 saturated heterocycles. The van der Waals surface area contributed by atoms with Crippen LogP contribution in [0.3, 0.4) is 0 Å². The van der Waals surface area contributed by atoms with Crippen LogP contribution in [-0.4, -0.2) is 18.1 Å². The van der Waals surface area contributed by atoms with Crippen LogP contribution in [0.1, 0.15) is 53.4 Å². The Hall–Kier alpha value is -0.0800. The van der Waals surface area contributed by atoms with E-state index in [-0.39, 0.29) is 0 Å². The smallest absolute Gasteiger partial charge is 0.0183 e. The van der Waals surface area contributed by atoms with Crippen LogP contribution in [-0.2, 0) is 0 Å². The minimum absolute atomic E-state index is 0.432. The first-order valence-electron chi connectivity index (χ1n) is 6.37. The van der Waals surface area contributed by atoms with Crippen molar-refractivity contribution in [3.05, 3.63) is 0 Å². The Kier molecular flexibility index (Phi) is 2.63. The van der Waals surface area contributed by atoms with E-state index >= 15 is 0 Å². The molecule has 2 atom stereocenters. The number of hydrogen-bond acceptors (Lipinski definition) is 2. The van der Waals surface area contributed by atoms with Crippen molar-refractivity contribution in [3.8, 4) is 0 Å². The van der Waals surface area contributed by atoms with Crippen LogP contribution in [0.5, 0.6) is 0 Å². The monoisotopic (exact) mass is 210 g/mol. The zero-order chi connectivity index (χ0) is 11.3. The maximum Gasteiger partial charge on any atom is 0.0183 e. The fourth-order valence-corrected chi connectivity index (χ4v) is 3.23. The number of nitrogens with two attached hydrogens (primary N) is 1. The third-order valence-electron chi connectivity index (χ3n) is 5.14. The van der Waals surface area contributed by atoms with Crippen molar-refractivity contribution in [1.82, 2.24) is 5.32 Å². The summed E-state index contributed by atoms with van der Waals surface area (Å²) in [5, 5.41) is 3.82. The molecule has 0 amide bonds. The van der Waals surface area contributed by atoms with E-state index < -0.39 is 0 Å². The standard InChI is InChI=1S/C13H26N2/c1-12(2)11(13(12,3)4)15-10-7-5-6-9(14)8-10/h9-11,15H,5-8,14H2,1-4H3. The summed E-state index contributed by atoms with van der Waals surface area (Å²) in [5.74, 6) is 0. The second-order valence-corrected chi connectivity index (χ2v) is 6.67. The highest BCUT2D eigenvalue weighted by Crippen LogP contribution is 2.62. The molecule has 0 aromatic carbocycles. The van der Waals surface area contributed by atoms with E-state index in [1.165, 1.54) is 25.7 Å². The lowest BCUT2D eigenvalue weighted by molar-refractivity contribution is 0.323. The Balaban J connectivity index is 1.88. The minimum Gasteiger partial charge on any atom is -0.328 e. The van der Waals surface area contributed by atoms with Gasteiger partial charge in [-0.15, -0.1) is 0 Å². The van der Waals surface area contributed by atoms with Gasteiger partial charge in [-0.1, -0.05) is 34.1 Å². The first-order valence-corrected chi connectivity index (χ1v) is 6.37. The summed E-state index contributed by atoms with van der Waals surface area (Å²) in [4.78, 5) is 0. The fraction of sp³-hybridized carbons (Fsp3) is 1.00. The normalized spacial score (nSPS) is 39.0. The molecule has 0 bridgehead atoms. The van der Waals surface area contributed by atoms with Crippen molar-refractivity contribution in [2.24, 2.45) is 16.6 Å². The van der Waals surface area contributed by atoms with Gasteiger partial charge in [0.05, 0.1) is 0 Å². The quantitative estimate of drug-likeness (QED) is 0.734. The third-order valence-corrected chi connectivity index (χ3v) is 5.14. The maximum atomic E-state index is 6.02. The second kappa shape index (κ2) is 3.46. The highest BCUT2D eigenvalue weighted by atomic mass is 15.1. The molecule has 88 valence electrons. The van der Waals surface area contributed by atoms with E-state index in [4.69, 9.17) is 5.73 Å². The molecular weight excluding hydrogens is 184 g/mol. The largest absolute Gasteiger partial charge is 0.328 e. The van der Waals surface area contributed by atoms with E-state index in [0.717, 1.165) is 0 Å². The molecule has 0 aliphatic heterocycles. The minimum atomic E-state index is 0.432.